The van der Waals surface area contributed by atoms with E-state index in [1.165, 1.54) is 19.2 Å². The molecule has 0 saturated carbocycles. The number of fused-ring (bicyclic) bond motifs is 1. The summed E-state index contributed by atoms with van der Waals surface area (Å²) in [6.07, 6.45) is 6.57. The molecule has 0 bridgehead atoms. The van der Waals surface area contributed by atoms with Gasteiger partial charge in [0.05, 0.1) is 6.10 Å². The molecule has 1 atom stereocenters. The molecule has 20 heavy (non-hydrogen) atoms. The van der Waals surface area contributed by atoms with Crippen molar-refractivity contribution in [3.63, 3.8) is 0 Å². The molecule has 0 aromatic carbocycles. The Morgan fingerprint density at radius 2 is 2.30 bits per heavy atom. The van der Waals surface area contributed by atoms with Gasteiger partial charge in [-0.05, 0) is 25.7 Å². The fourth-order valence-corrected chi connectivity index (χ4v) is 2.66. The molecule has 0 aliphatic carbocycles. The molecule has 0 radical (unpaired) electrons. The first kappa shape index (κ1) is 13.3. The van der Waals surface area contributed by atoms with Gasteiger partial charge in [-0.2, -0.15) is 4.98 Å². The molecule has 2 aromatic heterocycles. The maximum atomic E-state index is 5.64. The number of anilines is 1. The smallest absolute Gasteiger partial charge is 0.252 e. The summed E-state index contributed by atoms with van der Waals surface area (Å²) in [5, 5.41) is 0. The largest absolute Gasteiger partial charge is 0.422 e. The van der Waals surface area contributed by atoms with E-state index in [1.807, 2.05) is 14.0 Å². The number of aromatic nitrogens is 3. The Morgan fingerprint density at radius 1 is 1.40 bits per heavy atom. The van der Waals surface area contributed by atoms with Crippen LogP contribution in [0, 0.1) is 6.92 Å². The van der Waals surface area contributed by atoms with Crippen LogP contribution < -0.4 is 4.90 Å². The van der Waals surface area contributed by atoms with E-state index in [0.717, 1.165) is 37.3 Å². The van der Waals surface area contributed by atoms with Crippen molar-refractivity contribution < 1.29 is 9.15 Å². The second kappa shape index (κ2) is 5.75. The Kier molecular flexibility index (Phi) is 3.82. The second-order valence-corrected chi connectivity index (χ2v) is 5.28. The molecule has 1 aliphatic heterocycles. The maximum absolute atomic E-state index is 5.64. The monoisotopic (exact) mass is 276 g/mol. The molecule has 0 N–H and O–H groups in total. The van der Waals surface area contributed by atoms with Crippen LogP contribution in [0.4, 0.5) is 5.82 Å². The zero-order valence-corrected chi connectivity index (χ0v) is 12.0. The first-order chi connectivity index (χ1) is 9.74. The second-order valence-electron chi connectivity index (χ2n) is 5.28. The van der Waals surface area contributed by atoms with Crippen LogP contribution in [0.15, 0.2) is 10.7 Å². The Morgan fingerprint density at radius 3 is 3.10 bits per heavy atom. The third-order valence-corrected chi connectivity index (χ3v) is 3.69. The van der Waals surface area contributed by atoms with Crippen molar-refractivity contribution in [3.8, 4) is 0 Å². The third kappa shape index (κ3) is 2.75. The molecule has 3 rings (SSSR count). The Labute approximate surface area is 118 Å². The van der Waals surface area contributed by atoms with Gasteiger partial charge in [0, 0.05) is 27.1 Å². The molecule has 1 saturated heterocycles. The highest BCUT2D eigenvalue weighted by Gasteiger charge is 2.17. The van der Waals surface area contributed by atoms with Crippen molar-refractivity contribution in [1.29, 1.82) is 0 Å². The highest BCUT2D eigenvalue weighted by molar-refractivity contribution is 5.81. The van der Waals surface area contributed by atoms with Gasteiger partial charge in [0.1, 0.15) is 6.33 Å². The van der Waals surface area contributed by atoms with Gasteiger partial charge in [-0.1, -0.05) is 0 Å². The van der Waals surface area contributed by atoms with E-state index in [0.29, 0.717) is 17.7 Å². The SMILES string of the molecule is Cc1nc2c(N(C)CCC[C@@H]3CCCO3)ncnc2o1. The van der Waals surface area contributed by atoms with Crippen molar-refractivity contribution in [3.05, 3.63) is 12.2 Å². The molecule has 0 spiro atoms. The Balaban J connectivity index is 1.64. The van der Waals surface area contributed by atoms with Gasteiger partial charge < -0.3 is 14.1 Å². The minimum absolute atomic E-state index is 0.447. The predicted molar refractivity (Wildman–Crippen MR) is 75.8 cm³/mol. The highest BCUT2D eigenvalue weighted by atomic mass is 16.5. The maximum Gasteiger partial charge on any atom is 0.252 e. The van der Waals surface area contributed by atoms with Crippen LogP contribution >= 0.6 is 0 Å². The number of hydrogen-bond donors (Lipinski definition) is 0. The lowest BCUT2D eigenvalue weighted by Crippen LogP contribution is -2.21. The van der Waals surface area contributed by atoms with E-state index in [2.05, 4.69) is 19.9 Å². The van der Waals surface area contributed by atoms with E-state index in [-0.39, 0.29) is 0 Å². The van der Waals surface area contributed by atoms with Gasteiger partial charge in [0.25, 0.3) is 5.71 Å². The van der Waals surface area contributed by atoms with Crippen LogP contribution in [-0.4, -0.2) is 41.3 Å². The van der Waals surface area contributed by atoms with Crippen molar-refractivity contribution in [1.82, 2.24) is 15.0 Å². The first-order valence-corrected chi connectivity index (χ1v) is 7.15. The van der Waals surface area contributed by atoms with Gasteiger partial charge in [0.2, 0.25) is 0 Å². The molecule has 6 heteroatoms. The number of hydrogen-bond acceptors (Lipinski definition) is 6. The quantitative estimate of drug-likeness (QED) is 0.835. The van der Waals surface area contributed by atoms with Gasteiger partial charge in [-0.3, -0.25) is 0 Å². The summed E-state index contributed by atoms with van der Waals surface area (Å²) in [5.74, 6) is 1.45. The zero-order chi connectivity index (χ0) is 13.9. The lowest BCUT2D eigenvalue weighted by molar-refractivity contribution is 0.103. The van der Waals surface area contributed by atoms with Crippen molar-refractivity contribution >= 4 is 17.0 Å². The van der Waals surface area contributed by atoms with Crippen LogP contribution in [-0.2, 0) is 4.74 Å². The fourth-order valence-electron chi connectivity index (χ4n) is 2.66. The molecule has 0 unspecified atom stereocenters. The summed E-state index contributed by atoms with van der Waals surface area (Å²) in [6, 6.07) is 0. The van der Waals surface area contributed by atoms with E-state index < -0.39 is 0 Å². The highest BCUT2D eigenvalue weighted by Crippen LogP contribution is 2.23. The van der Waals surface area contributed by atoms with Crippen LogP contribution in [0.1, 0.15) is 31.6 Å². The molecule has 2 aromatic rings. The molecule has 6 nitrogen and oxygen atoms in total. The summed E-state index contributed by atoms with van der Waals surface area (Å²) >= 11 is 0. The van der Waals surface area contributed by atoms with Crippen molar-refractivity contribution in [2.75, 3.05) is 25.1 Å². The minimum atomic E-state index is 0.447. The summed E-state index contributed by atoms with van der Waals surface area (Å²) in [5.41, 5.74) is 1.29. The molecule has 3 heterocycles. The fraction of sp³-hybridized carbons (Fsp3) is 0.643. The molecule has 0 amide bonds. The number of aryl methyl sites for hydroxylation is 1. The molecular formula is C14H20N4O2. The minimum Gasteiger partial charge on any atom is -0.422 e. The lowest BCUT2D eigenvalue weighted by Gasteiger charge is -2.18. The van der Waals surface area contributed by atoms with E-state index in [9.17, 15) is 0 Å². The number of nitrogens with zero attached hydrogens (tertiary/aromatic N) is 4. The van der Waals surface area contributed by atoms with Crippen molar-refractivity contribution in [2.24, 2.45) is 0 Å². The van der Waals surface area contributed by atoms with Crippen LogP contribution in [0.25, 0.3) is 11.2 Å². The van der Waals surface area contributed by atoms with Gasteiger partial charge >= 0.3 is 0 Å². The third-order valence-electron chi connectivity index (χ3n) is 3.69. The summed E-state index contributed by atoms with van der Waals surface area (Å²) in [4.78, 5) is 14.9. The Hall–Kier alpha value is -1.69. The molecule has 1 aliphatic rings. The van der Waals surface area contributed by atoms with Crippen LogP contribution in [0.3, 0.4) is 0 Å². The summed E-state index contributed by atoms with van der Waals surface area (Å²) < 4.78 is 11.1. The molecular weight excluding hydrogens is 256 g/mol. The Bertz CT molecular complexity index is 578. The van der Waals surface area contributed by atoms with E-state index >= 15 is 0 Å². The standard InChI is InChI=1S/C14H20N4O2/c1-10-17-12-13(15-9-16-14(12)20-10)18(2)7-3-5-11-6-4-8-19-11/h9,11H,3-8H2,1-2H3/t11-/m1/s1. The topological polar surface area (TPSA) is 64.3 Å². The van der Waals surface area contributed by atoms with Crippen LogP contribution in [0.2, 0.25) is 0 Å². The average molecular weight is 276 g/mol. The zero-order valence-electron chi connectivity index (χ0n) is 12.0. The number of ether oxygens (including phenoxy) is 1. The molecule has 1 fully saturated rings. The van der Waals surface area contributed by atoms with Gasteiger partial charge in [-0.15, -0.1) is 0 Å². The summed E-state index contributed by atoms with van der Waals surface area (Å²) in [6.45, 7) is 3.67. The van der Waals surface area contributed by atoms with E-state index in [4.69, 9.17) is 9.15 Å². The lowest BCUT2D eigenvalue weighted by atomic mass is 10.1. The average Bonchev–Trinajstić information content (AvgIpc) is 3.05. The van der Waals surface area contributed by atoms with Gasteiger partial charge in [-0.25, -0.2) is 9.97 Å². The van der Waals surface area contributed by atoms with E-state index in [1.54, 1.807) is 0 Å². The normalized spacial score (nSPS) is 18.8. The summed E-state index contributed by atoms with van der Waals surface area (Å²) in [7, 11) is 2.03. The van der Waals surface area contributed by atoms with Crippen molar-refractivity contribution in [2.45, 2.75) is 38.7 Å². The number of oxazole rings is 1. The first-order valence-electron chi connectivity index (χ1n) is 7.15. The predicted octanol–water partition coefficient (Wildman–Crippen LogP) is 2.32. The number of rotatable bonds is 5. The van der Waals surface area contributed by atoms with Gasteiger partial charge in [0.15, 0.2) is 17.2 Å². The molecule has 108 valence electrons. The van der Waals surface area contributed by atoms with Crippen LogP contribution in [0.5, 0.6) is 0 Å².